The molecule has 9 N–H and O–H groups in total. The predicted octanol–water partition coefficient (Wildman–Crippen LogP) is -0.598. The molecule has 0 bridgehead atoms. The maximum Gasteiger partial charge on any atom is 0.326 e. The van der Waals surface area contributed by atoms with Crippen molar-refractivity contribution in [1.82, 2.24) is 25.5 Å². The molecule has 4 atom stereocenters. The van der Waals surface area contributed by atoms with Gasteiger partial charge in [-0.3, -0.25) is 14.4 Å². The molecular weight excluding hydrogens is 506 g/mol. The Morgan fingerprint density at radius 1 is 1.10 bits per heavy atom. The van der Waals surface area contributed by atoms with E-state index in [1.54, 1.807) is 12.1 Å². The Hall–Kier alpha value is -3.97. The van der Waals surface area contributed by atoms with Crippen molar-refractivity contribution < 1.29 is 29.4 Å². The lowest BCUT2D eigenvalue weighted by Gasteiger charge is -2.30. The number of aromatic hydroxyl groups is 1. The van der Waals surface area contributed by atoms with Crippen LogP contribution in [0.1, 0.15) is 43.4 Å². The number of phenols is 1. The zero-order chi connectivity index (χ0) is 28.4. The standard InChI is InChI=1S/C26H37N7O6/c27-10-2-1-4-19(28)23(35)31-20(12-16-6-8-18(34)9-7-16)25(37)33-11-3-5-22(33)24(36)32-21(26(38)39)13-17-14-29-15-30-17/h6-9,14-15,19-22,34H,1-5,10-13,27-28H2,(H,29,30)(H,31,35)(H,32,36)(H,38,39). The molecule has 2 aromatic rings. The number of unbranched alkanes of at least 4 members (excludes halogenated alkanes) is 1. The van der Waals surface area contributed by atoms with E-state index in [4.69, 9.17) is 11.5 Å². The summed E-state index contributed by atoms with van der Waals surface area (Å²) in [6.07, 6.45) is 5.70. The number of benzene rings is 1. The average Bonchev–Trinajstić information content (AvgIpc) is 3.61. The molecule has 0 aliphatic carbocycles. The number of aromatic nitrogens is 2. The van der Waals surface area contributed by atoms with Crippen LogP contribution < -0.4 is 22.1 Å². The second kappa shape index (κ2) is 14.3. The van der Waals surface area contributed by atoms with Gasteiger partial charge in [-0.05, 0) is 49.9 Å². The molecule has 1 saturated heterocycles. The van der Waals surface area contributed by atoms with Gasteiger partial charge in [-0.15, -0.1) is 0 Å². The molecule has 39 heavy (non-hydrogen) atoms. The molecule has 0 saturated carbocycles. The van der Waals surface area contributed by atoms with Crippen molar-refractivity contribution in [3.8, 4) is 5.75 Å². The number of carboxylic acid groups (broad SMARTS) is 1. The fraction of sp³-hybridized carbons (Fsp3) is 0.500. The molecule has 1 aliphatic rings. The van der Waals surface area contributed by atoms with Crippen LogP contribution in [0.5, 0.6) is 5.75 Å². The number of amides is 3. The Labute approximate surface area is 226 Å². The van der Waals surface area contributed by atoms with Crippen molar-refractivity contribution in [3.05, 3.63) is 48.0 Å². The molecule has 3 rings (SSSR count). The monoisotopic (exact) mass is 543 g/mol. The number of nitrogens with one attached hydrogen (secondary N) is 3. The van der Waals surface area contributed by atoms with Gasteiger partial charge in [0.1, 0.15) is 23.9 Å². The number of hydrogen-bond acceptors (Lipinski definition) is 8. The van der Waals surface area contributed by atoms with Crippen LogP contribution in [0, 0.1) is 0 Å². The third-order valence-electron chi connectivity index (χ3n) is 6.73. The number of hydrogen-bond donors (Lipinski definition) is 7. The second-order valence-corrected chi connectivity index (χ2v) is 9.69. The van der Waals surface area contributed by atoms with Gasteiger partial charge in [0.25, 0.3) is 0 Å². The van der Waals surface area contributed by atoms with Gasteiger partial charge in [-0.2, -0.15) is 0 Å². The largest absolute Gasteiger partial charge is 0.508 e. The third kappa shape index (κ3) is 8.52. The quantitative estimate of drug-likeness (QED) is 0.151. The van der Waals surface area contributed by atoms with Gasteiger partial charge in [-0.25, -0.2) is 9.78 Å². The van der Waals surface area contributed by atoms with Gasteiger partial charge < -0.3 is 42.2 Å². The Balaban J connectivity index is 1.74. The van der Waals surface area contributed by atoms with E-state index in [1.807, 2.05) is 0 Å². The Kier molecular flexibility index (Phi) is 10.8. The van der Waals surface area contributed by atoms with Crippen molar-refractivity contribution in [3.63, 3.8) is 0 Å². The zero-order valence-electron chi connectivity index (χ0n) is 21.7. The van der Waals surface area contributed by atoms with Crippen LogP contribution in [0.2, 0.25) is 0 Å². The number of aromatic amines is 1. The number of aliphatic carboxylic acids is 1. The molecular formula is C26H37N7O6. The van der Waals surface area contributed by atoms with Crippen molar-refractivity contribution in [2.75, 3.05) is 13.1 Å². The number of carboxylic acids is 1. The van der Waals surface area contributed by atoms with E-state index in [0.717, 1.165) is 6.42 Å². The summed E-state index contributed by atoms with van der Waals surface area (Å²) >= 11 is 0. The summed E-state index contributed by atoms with van der Waals surface area (Å²) in [5, 5.41) is 24.5. The number of likely N-dealkylation sites (tertiary alicyclic amines) is 1. The highest BCUT2D eigenvalue weighted by Crippen LogP contribution is 2.21. The Bertz CT molecular complexity index is 1110. The number of phenolic OH excluding ortho intramolecular Hbond substituents is 1. The normalized spacial score (nSPS) is 17.3. The molecule has 2 heterocycles. The molecule has 0 spiro atoms. The maximum absolute atomic E-state index is 13.7. The van der Waals surface area contributed by atoms with Crippen LogP contribution in [0.15, 0.2) is 36.8 Å². The summed E-state index contributed by atoms with van der Waals surface area (Å²) in [5.74, 6) is -2.69. The number of H-pyrrole nitrogens is 1. The first kappa shape index (κ1) is 29.6. The van der Waals surface area contributed by atoms with E-state index in [9.17, 15) is 29.4 Å². The number of imidazole rings is 1. The van der Waals surface area contributed by atoms with Crippen molar-refractivity contribution in [2.45, 2.75) is 69.1 Å². The topological polar surface area (TPSA) is 217 Å². The van der Waals surface area contributed by atoms with Crippen LogP contribution in [-0.2, 0) is 32.0 Å². The Morgan fingerprint density at radius 3 is 2.49 bits per heavy atom. The molecule has 13 heteroatoms. The molecule has 0 radical (unpaired) electrons. The second-order valence-electron chi connectivity index (χ2n) is 9.69. The summed E-state index contributed by atoms with van der Waals surface area (Å²) in [4.78, 5) is 59.6. The molecule has 4 unspecified atom stereocenters. The highest BCUT2D eigenvalue weighted by molar-refractivity contribution is 5.94. The number of nitrogens with zero attached hydrogens (tertiary/aromatic N) is 2. The van der Waals surface area contributed by atoms with Gasteiger partial charge in [0.15, 0.2) is 0 Å². The highest BCUT2D eigenvalue weighted by atomic mass is 16.4. The van der Waals surface area contributed by atoms with Gasteiger partial charge >= 0.3 is 5.97 Å². The van der Waals surface area contributed by atoms with E-state index >= 15 is 0 Å². The lowest BCUT2D eigenvalue weighted by molar-refractivity contribution is -0.144. The average molecular weight is 544 g/mol. The minimum Gasteiger partial charge on any atom is -0.508 e. The van der Waals surface area contributed by atoms with Crippen LogP contribution >= 0.6 is 0 Å². The first-order valence-corrected chi connectivity index (χ1v) is 13.0. The van der Waals surface area contributed by atoms with Crippen molar-refractivity contribution in [1.29, 1.82) is 0 Å². The molecule has 1 fully saturated rings. The fourth-order valence-electron chi connectivity index (χ4n) is 4.57. The van der Waals surface area contributed by atoms with Crippen LogP contribution in [0.3, 0.4) is 0 Å². The molecule has 1 aromatic carbocycles. The van der Waals surface area contributed by atoms with Gasteiger partial charge in [0.05, 0.1) is 12.4 Å². The van der Waals surface area contributed by atoms with Gasteiger partial charge in [-0.1, -0.05) is 18.6 Å². The van der Waals surface area contributed by atoms with Crippen LogP contribution in [0.4, 0.5) is 0 Å². The van der Waals surface area contributed by atoms with E-state index < -0.39 is 47.9 Å². The molecule has 1 aromatic heterocycles. The summed E-state index contributed by atoms with van der Waals surface area (Å²) in [6, 6.07) is 2.30. The summed E-state index contributed by atoms with van der Waals surface area (Å²) < 4.78 is 0. The Morgan fingerprint density at radius 2 is 1.85 bits per heavy atom. The minimum atomic E-state index is -1.21. The van der Waals surface area contributed by atoms with E-state index in [-0.39, 0.29) is 25.1 Å². The summed E-state index contributed by atoms with van der Waals surface area (Å²) in [6.45, 7) is 0.763. The van der Waals surface area contributed by atoms with Gasteiger partial charge in [0.2, 0.25) is 17.7 Å². The third-order valence-corrected chi connectivity index (χ3v) is 6.73. The minimum absolute atomic E-state index is 0.00329. The molecule has 13 nitrogen and oxygen atoms in total. The summed E-state index contributed by atoms with van der Waals surface area (Å²) in [5.41, 5.74) is 12.8. The molecule has 1 aliphatic heterocycles. The molecule has 3 amide bonds. The first-order chi connectivity index (χ1) is 18.7. The van der Waals surface area contributed by atoms with Crippen molar-refractivity contribution >= 4 is 23.7 Å². The van der Waals surface area contributed by atoms with Crippen LogP contribution in [-0.4, -0.2) is 86.0 Å². The number of rotatable bonds is 14. The predicted molar refractivity (Wildman–Crippen MR) is 141 cm³/mol. The molecule has 212 valence electrons. The highest BCUT2D eigenvalue weighted by Gasteiger charge is 2.39. The first-order valence-electron chi connectivity index (χ1n) is 13.0. The zero-order valence-corrected chi connectivity index (χ0v) is 21.7. The van der Waals surface area contributed by atoms with Crippen LogP contribution in [0.25, 0.3) is 0 Å². The van der Waals surface area contributed by atoms with Gasteiger partial charge in [0, 0.05) is 31.3 Å². The lowest BCUT2D eigenvalue weighted by atomic mass is 10.0. The number of carbonyl (C=O) groups excluding carboxylic acids is 3. The SMILES string of the molecule is NCCCCC(N)C(=O)NC(Cc1ccc(O)cc1)C(=O)N1CCCC1C(=O)NC(Cc1cnc[nH]1)C(=O)O. The van der Waals surface area contributed by atoms with Crippen molar-refractivity contribution in [2.24, 2.45) is 11.5 Å². The van der Waals surface area contributed by atoms with E-state index in [1.165, 1.54) is 29.6 Å². The summed E-state index contributed by atoms with van der Waals surface area (Å²) in [7, 11) is 0. The lowest BCUT2D eigenvalue weighted by Crippen LogP contribution is -2.57. The van der Waals surface area contributed by atoms with E-state index in [2.05, 4.69) is 20.6 Å². The van der Waals surface area contributed by atoms with E-state index in [0.29, 0.717) is 43.5 Å². The fourth-order valence-corrected chi connectivity index (χ4v) is 4.57. The smallest absolute Gasteiger partial charge is 0.326 e. The number of carbonyl (C=O) groups is 4. The maximum atomic E-state index is 13.7. The number of nitrogens with two attached hydrogens (primary N) is 2.